The molecule has 0 aromatic carbocycles. The number of carbonyl (C=O) groups excluding carboxylic acids is 1. The monoisotopic (exact) mass is 263 g/mol. The second-order valence-corrected chi connectivity index (χ2v) is 5.37. The van der Waals surface area contributed by atoms with E-state index >= 15 is 0 Å². The fraction of sp³-hybridized carbons (Fsp3) is 0.571. The van der Waals surface area contributed by atoms with E-state index in [9.17, 15) is 9.18 Å². The number of amides is 1. The third kappa shape index (κ3) is 2.92. The lowest BCUT2D eigenvalue weighted by atomic mass is 10.2. The van der Waals surface area contributed by atoms with Gasteiger partial charge in [0, 0.05) is 24.8 Å². The molecule has 0 spiro atoms. The van der Waals surface area contributed by atoms with E-state index in [1.165, 1.54) is 18.7 Å². The molecular weight excluding hydrogens is 245 g/mol. The van der Waals surface area contributed by atoms with E-state index in [0.29, 0.717) is 17.6 Å². The Balaban J connectivity index is 1.73. The van der Waals surface area contributed by atoms with E-state index in [-0.39, 0.29) is 5.91 Å². The normalized spacial score (nSPS) is 22.5. The van der Waals surface area contributed by atoms with Gasteiger partial charge in [0.25, 0.3) is 5.91 Å². The average molecular weight is 263 g/mol. The van der Waals surface area contributed by atoms with Gasteiger partial charge in [0.15, 0.2) is 0 Å². The first-order valence-corrected chi connectivity index (χ1v) is 6.89. The van der Waals surface area contributed by atoms with Crippen LogP contribution in [0.25, 0.3) is 0 Å². The molecule has 0 bridgehead atoms. The van der Waals surface area contributed by atoms with Gasteiger partial charge in [-0.15, -0.1) is 0 Å². The molecule has 2 aliphatic rings. The van der Waals surface area contributed by atoms with Crippen LogP contribution < -0.4 is 5.32 Å². The summed E-state index contributed by atoms with van der Waals surface area (Å²) in [6.07, 6.45) is 6.96. The van der Waals surface area contributed by atoms with Crippen molar-refractivity contribution in [1.82, 2.24) is 15.2 Å². The van der Waals surface area contributed by atoms with Gasteiger partial charge in [-0.1, -0.05) is 0 Å². The minimum Gasteiger partial charge on any atom is -0.334 e. The molecule has 102 valence electrons. The first-order chi connectivity index (χ1) is 9.24. The molecule has 4 nitrogen and oxygen atoms in total. The summed E-state index contributed by atoms with van der Waals surface area (Å²) in [4.78, 5) is 18.1. The summed E-state index contributed by atoms with van der Waals surface area (Å²) in [6.45, 7) is 1.75. The highest BCUT2D eigenvalue weighted by Gasteiger charge is 2.35. The highest BCUT2D eigenvalue weighted by molar-refractivity contribution is 5.94. The maximum Gasteiger partial charge on any atom is 0.255 e. The number of nitrogens with one attached hydrogen (secondary N) is 1. The van der Waals surface area contributed by atoms with Crippen LogP contribution in [0.4, 0.5) is 4.39 Å². The molecular formula is C14H18FN3O. The number of hydrogen-bond acceptors (Lipinski definition) is 3. The molecule has 1 saturated carbocycles. The molecule has 0 unspecified atom stereocenters. The van der Waals surface area contributed by atoms with Crippen molar-refractivity contribution in [3.8, 4) is 0 Å². The summed E-state index contributed by atoms with van der Waals surface area (Å²) in [6, 6.07) is 1.98. The number of carbonyl (C=O) groups is 1. The van der Waals surface area contributed by atoms with E-state index in [1.54, 1.807) is 0 Å². The fourth-order valence-electron chi connectivity index (χ4n) is 2.63. The number of rotatable bonds is 4. The van der Waals surface area contributed by atoms with Crippen molar-refractivity contribution in [2.45, 2.75) is 37.8 Å². The summed E-state index contributed by atoms with van der Waals surface area (Å²) in [5.41, 5.74) is 0.352. The number of halogens is 1. The molecule has 1 aliphatic carbocycles. The van der Waals surface area contributed by atoms with Gasteiger partial charge in [0.1, 0.15) is 5.82 Å². The van der Waals surface area contributed by atoms with Gasteiger partial charge >= 0.3 is 0 Å². The number of pyridine rings is 1. The molecule has 1 atom stereocenters. The Morgan fingerprint density at radius 1 is 1.42 bits per heavy atom. The van der Waals surface area contributed by atoms with E-state index in [4.69, 9.17) is 0 Å². The third-order valence-corrected chi connectivity index (χ3v) is 3.78. The summed E-state index contributed by atoms with van der Waals surface area (Å²) in [5.74, 6) is -0.552. The van der Waals surface area contributed by atoms with Crippen LogP contribution in [-0.2, 0) is 0 Å². The first kappa shape index (κ1) is 12.5. The van der Waals surface area contributed by atoms with Crippen molar-refractivity contribution < 1.29 is 9.18 Å². The molecule has 5 heteroatoms. The summed E-state index contributed by atoms with van der Waals surface area (Å²) in [5, 5.41) is 3.40. The zero-order valence-electron chi connectivity index (χ0n) is 10.8. The molecule has 2 heterocycles. The van der Waals surface area contributed by atoms with Crippen LogP contribution in [-0.4, -0.2) is 41.0 Å². The number of nitrogens with zero attached hydrogens (tertiary/aromatic N) is 2. The lowest BCUT2D eigenvalue weighted by Crippen LogP contribution is -2.42. The molecule has 1 aromatic rings. The Labute approximate surface area is 112 Å². The topological polar surface area (TPSA) is 45.2 Å². The van der Waals surface area contributed by atoms with E-state index in [0.717, 1.165) is 38.5 Å². The first-order valence-electron chi connectivity index (χ1n) is 6.89. The van der Waals surface area contributed by atoms with Crippen molar-refractivity contribution in [1.29, 1.82) is 0 Å². The van der Waals surface area contributed by atoms with Crippen LogP contribution in [0.2, 0.25) is 0 Å². The van der Waals surface area contributed by atoms with E-state index < -0.39 is 5.82 Å². The van der Waals surface area contributed by atoms with Crippen LogP contribution in [0.1, 0.15) is 36.0 Å². The maximum absolute atomic E-state index is 13.2. The molecule has 3 rings (SSSR count). The maximum atomic E-state index is 13.2. The van der Waals surface area contributed by atoms with Gasteiger partial charge in [0.05, 0.1) is 11.8 Å². The molecule has 1 amide bonds. The highest BCUT2D eigenvalue weighted by atomic mass is 19.1. The van der Waals surface area contributed by atoms with Gasteiger partial charge in [-0.3, -0.25) is 9.78 Å². The highest BCUT2D eigenvalue weighted by Crippen LogP contribution is 2.29. The van der Waals surface area contributed by atoms with Crippen molar-refractivity contribution in [2.24, 2.45) is 0 Å². The minimum atomic E-state index is -0.458. The molecule has 1 aromatic heterocycles. The largest absolute Gasteiger partial charge is 0.334 e. The molecule has 1 saturated heterocycles. The molecule has 0 radical (unpaired) electrons. The summed E-state index contributed by atoms with van der Waals surface area (Å²) < 4.78 is 13.2. The van der Waals surface area contributed by atoms with Gasteiger partial charge in [0.2, 0.25) is 0 Å². The summed E-state index contributed by atoms with van der Waals surface area (Å²) >= 11 is 0. The van der Waals surface area contributed by atoms with Crippen molar-refractivity contribution in [3.05, 3.63) is 29.8 Å². The van der Waals surface area contributed by atoms with Gasteiger partial charge in [-0.2, -0.15) is 0 Å². The van der Waals surface area contributed by atoms with Crippen LogP contribution in [0.15, 0.2) is 18.5 Å². The summed E-state index contributed by atoms with van der Waals surface area (Å²) in [7, 11) is 0. The lowest BCUT2D eigenvalue weighted by Gasteiger charge is -2.25. The smallest absolute Gasteiger partial charge is 0.255 e. The molecule has 1 N–H and O–H groups in total. The number of aromatic nitrogens is 1. The predicted molar refractivity (Wildman–Crippen MR) is 69.3 cm³/mol. The zero-order valence-corrected chi connectivity index (χ0v) is 10.8. The molecule has 2 fully saturated rings. The van der Waals surface area contributed by atoms with E-state index in [1.807, 2.05) is 4.90 Å². The van der Waals surface area contributed by atoms with Crippen LogP contribution in [0.3, 0.4) is 0 Å². The molecule has 19 heavy (non-hydrogen) atoms. The Morgan fingerprint density at radius 2 is 2.26 bits per heavy atom. The lowest BCUT2D eigenvalue weighted by molar-refractivity contribution is 0.0727. The second-order valence-electron chi connectivity index (χ2n) is 5.37. The third-order valence-electron chi connectivity index (χ3n) is 3.78. The average Bonchev–Trinajstić information content (AvgIpc) is 3.12. The Morgan fingerprint density at radius 3 is 2.89 bits per heavy atom. The van der Waals surface area contributed by atoms with Crippen molar-refractivity contribution in [2.75, 3.05) is 13.1 Å². The van der Waals surface area contributed by atoms with Crippen molar-refractivity contribution >= 4 is 5.91 Å². The van der Waals surface area contributed by atoms with Gasteiger partial charge in [-0.05, 0) is 38.3 Å². The predicted octanol–water partition coefficient (Wildman–Crippen LogP) is 1.58. The Bertz CT molecular complexity index is 470. The standard InChI is InChI=1S/C14H18FN3O/c15-11-6-10(7-16-8-11)14(19)18(13-3-4-13)9-12-2-1-5-17-12/h6-8,12-13,17H,1-5,9H2/t12-/m0/s1. The van der Waals surface area contributed by atoms with E-state index in [2.05, 4.69) is 10.3 Å². The van der Waals surface area contributed by atoms with Crippen LogP contribution >= 0.6 is 0 Å². The zero-order chi connectivity index (χ0) is 13.2. The van der Waals surface area contributed by atoms with Crippen LogP contribution in [0.5, 0.6) is 0 Å². The Hall–Kier alpha value is -1.49. The van der Waals surface area contributed by atoms with Gasteiger partial charge in [-0.25, -0.2) is 4.39 Å². The quantitative estimate of drug-likeness (QED) is 0.897. The molecule has 1 aliphatic heterocycles. The van der Waals surface area contributed by atoms with Crippen molar-refractivity contribution in [3.63, 3.8) is 0 Å². The Kier molecular flexibility index (Phi) is 3.46. The van der Waals surface area contributed by atoms with Gasteiger partial charge < -0.3 is 10.2 Å². The number of hydrogen-bond donors (Lipinski definition) is 1. The minimum absolute atomic E-state index is 0.0943. The van der Waals surface area contributed by atoms with Crippen LogP contribution in [0, 0.1) is 5.82 Å². The second kappa shape index (κ2) is 5.25. The fourth-order valence-corrected chi connectivity index (χ4v) is 2.63. The SMILES string of the molecule is O=C(c1cncc(F)c1)N(C[C@@H]1CCCN1)C1CC1.